The van der Waals surface area contributed by atoms with Gasteiger partial charge in [0, 0.05) is 32.7 Å². The average molecular weight is 286 g/mol. The number of carbonyl (C=O) groups excluding carboxylic acids is 2. The van der Waals surface area contributed by atoms with Gasteiger partial charge in [-0.05, 0) is 13.8 Å². The smallest absolute Gasteiger partial charge is 0.323 e. The lowest BCUT2D eigenvalue weighted by molar-refractivity contribution is -0.146. The maximum Gasteiger partial charge on any atom is 0.323 e. The van der Waals surface area contributed by atoms with Crippen molar-refractivity contribution in [3.05, 3.63) is 0 Å². The summed E-state index contributed by atoms with van der Waals surface area (Å²) >= 11 is 0. The molecule has 1 aliphatic rings. The molecule has 114 valence electrons. The molecule has 0 radical (unpaired) electrons. The zero-order valence-electron chi connectivity index (χ0n) is 12.2. The maximum atomic E-state index is 12.3. The van der Waals surface area contributed by atoms with Gasteiger partial charge in [0.05, 0.1) is 12.5 Å². The molecule has 0 aromatic carbocycles. The second-order valence-electron chi connectivity index (χ2n) is 5.19. The van der Waals surface area contributed by atoms with Crippen molar-refractivity contribution in [3.8, 4) is 0 Å². The second-order valence-corrected chi connectivity index (χ2v) is 5.19. The fourth-order valence-electron chi connectivity index (χ4n) is 2.29. The third-order valence-corrected chi connectivity index (χ3v) is 3.33. The Balaban J connectivity index is 2.70. The van der Waals surface area contributed by atoms with E-state index in [1.54, 1.807) is 4.90 Å². The summed E-state index contributed by atoms with van der Waals surface area (Å²) in [4.78, 5) is 37.8. The van der Waals surface area contributed by atoms with Crippen molar-refractivity contribution in [2.45, 2.75) is 26.3 Å². The van der Waals surface area contributed by atoms with Crippen molar-refractivity contribution in [3.63, 3.8) is 0 Å². The van der Waals surface area contributed by atoms with Gasteiger partial charge in [-0.25, -0.2) is 0 Å². The van der Waals surface area contributed by atoms with Crippen LogP contribution in [0, 0.1) is 5.92 Å². The molecule has 1 heterocycles. The minimum atomic E-state index is -1.07. The number of ether oxygens (including phenoxy) is 1. The summed E-state index contributed by atoms with van der Waals surface area (Å²) in [6, 6.07) is 0.0483. The predicted octanol–water partition coefficient (Wildman–Crippen LogP) is -0.197. The number of nitrogens with zero attached hydrogens (tertiary/aromatic N) is 2. The zero-order valence-corrected chi connectivity index (χ0v) is 12.2. The minimum Gasteiger partial charge on any atom is -0.480 e. The number of rotatable bonds is 7. The first-order chi connectivity index (χ1) is 9.36. The Morgan fingerprint density at radius 2 is 2.15 bits per heavy atom. The summed E-state index contributed by atoms with van der Waals surface area (Å²) in [5.41, 5.74) is 0. The highest BCUT2D eigenvalue weighted by Gasteiger charge is 2.37. The van der Waals surface area contributed by atoms with Crippen LogP contribution in [-0.2, 0) is 19.1 Å². The summed E-state index contributed by atoms with van der Waals surface area (Å²) in [5.74, 6) is -1.87. The Bertz CT molecular complexity index is 383. The molecule has 0 aromatic rings. The Morgan fingerprint density at radius 1 is 1.50 bits per heavy atom. The summed E-state index contributed by atoms with van der Waals surface area (Å²) in [5, 5.41) is 8.86. The van der Waals surface area contributed by atoms with E-state index >= 15 is 0 Å². The Morgan fingerprint density at radius 3 is 2.60 bits per heavy atom. The number of likely N-dealkylation sites (tertiary alicyclic amines) is 1. The van der Waals surface area contributed by atoms with Crippen LogP contribution in [0.4, 0.5) is 0 Å². The highest BCUT2D eigenvalue weighted by molar-refractivity contribution is 5.90. The minimum absolute atomic E-state index is 0.0483. The SMILES string of the molecule is COCCN(CC(=O)O)C(=O)C1CC(=O)N(C(C)C)C1. The highest BCUT2D eigenvalue weighted by Crippen LogP contribution is 2.22. The number of carboxylic acids is 1. The fraction of sp³-hybridized carbons (Fsp3) is 0.769. The van der Waals surface area contributed by atoms with Gasteiger partial charge in [-0.3, -0.25) is 14.4 Å². The molecule has 1 fully saturated rings. The molecule has 1 aliphatic heterocycles. The Hall–Kier alpha value is -1.63. The number of aliphatic carboxylic acids is 1. The van der Waals surface area contributed by atoms with E-state index in [1.165, 1.54) is 12.0 Å². The molecule has 1 unspecified atom stereocenters. The van der Waals surface area contributed by atoms with E-state index in [1.807, 2.05) is 13.8 Å². The number of hydrogen-bond acceptors (Lipinski definition) is 4. The maximum absolute atomic E-state index is 12.3. The van der Waals surface area contributed by atoms with Gasteiger partial charge in [0.25, 0.3) is 0 Å². The molecule has 0 bridgehead atoms. The van der Waals surface area contributed by atoms with E-state index < -0.39 is 11.9 Å². The Labute approximate surface area is 118 Å². The van der Waals surface area contributed by atoms with Crippen LogP contribution in [0.25, 0.3) is 0 Å². The van der Waals surface area contributed by atoms with E-state index in [0.717, 1.165) is 0 Å². The molecule has 2 amide bonds. The van der Waals surface area contributed by atoms with Crippen LogP contribution in [-0.4, -0.2) is 72.1 Å². The molecule has 7 nitrogen and oxygen atoms in total. The topological polar surface area (TPSA) is 87.1 Å². The quantitative estimate of drug-likeness (QED) is 0.700. The number of methoxy groups -OCH3 is 1. The molecule has 1 atom stereocenters. The largest absolute Gasteiger partial charge is 0.480 e. The molecule has 1 saturated heterocycles. The van der Waals surface area contributed by atoms with Gasteiger partial charge < -0.3 is 19.6 Å². The average Bonchev–Trinajstić information content (AvgIpc) is 2.75. The summed E-state index contributed by atoms with van der Waals surface area (Å²) < 4.78 is 4.88. The lowest BCUT2D eigenvalue weighted by Gasteiger charge is -2.24. The number of carboxylic acid groups (broad SMARTS) is 1. The van der Waals surface area contributed by atoms with Crippen molar-refractivity contribution in [2.75, 3.05) is 33.4 Å². The standard InChI is InChI=1S/C13H22N2O5/c1-9(2)15-7-10(6-11(15)16)13(19)14(4-5-20-3)8-12(17)18/h9-10H,4-8H2,1-3H3,(H,17,18). The fourth-order valence-corrected chi connectivity index (χ4v) is 2.29. The first-order valence-electron chi connectivity index (χ1n) is 6.65. The van der Waals surface area contributed by atoms with Crippen molar-refractivity contribution in [2.24, 2.45) is 5.92 Å². The third kappa shape index (κ3) is 4.19. The lowest BCUT2D eigenvalue weighted by atomic mass is 10.1. The van der Waals surface area contributed by atoms with Crippen LogP contribution in [0.1, 0.15) is 20.3 Å². The van der Waals surface area contributed by atoms with Gasteiger partial charge in [-0.1, -0.05) is 0 Å². The zero-order chi connectivity index (χ0) is 15.3. The van der Waals surface area contributed by atoms with Crippen LogP contribution in [0.3, 0.4) is 0 Å². The van der Waals surface area contributed by atoms with E-state index in [2.05, 4.69) is 0 Å². The molecule has 1 rings (SSSR count). The molecule has 0 aliphatic carbocycles. The van der Waals surface area contributed by atoms with Crippen LogP contribution < -0.4 is 0 Å². The van der Waals surface area contributed by atoms with Crippen LogP contribution in [0.5, 0.6) is 0 Å². The van der Waals surface area contributed by atoms with E-state index in [9.17, 15) is 14.4 Å². The van der Waals surface area contributed by atoms with Crippen LogP contribution in [0.15, 0.2) is 0 Å². The molecule has 1 N–H and O–H groups in total. The van der Waals surface area contributed by atoms with Crippen molar-refractivity contribution >= 4 is 17.8 Å². The normalized spacial score (nSPS) is 18.7. The molecule has 0 saturated carbocycles. The summed E-state index contributed by atoms with van der Waals surface area (Å²) in [7, 11) is 1.49. The van der Waals surface area contributed by atoms with Crippen molar-refractivity contribution < 1.29 is 24.2 Å². The number of hydrogen-bond donors (Lipinski definition) is 1. The molecule has 0 aromatic heterocycles. The first-order valence-corrected chi connectivity index (χ1v) is 6.65. The lowest BCUT2D eigenvalue weighted by Crippen LogP contribution is -2.42. The molecule has 7 heteroatoms. The second kappa shape index (κ2) is 7.23. The van der Waals surface area contributed by atoms with E-state index in [0.29, 0.717) is 6.54 Å². The monoisotopic (exact) mass is 286 g/mol. The van der Waals surface area contributed by atoms with Gasteiger partial charge in [-0.15, -0.1) is 0 Å². The number of carbonyl (C=O) groups is 3. The van der Waals surface area contributed by atoms with E-state index in [-0.39, 0.29) is 44.0 Å². The Kier molecular flexibility index (Phi) is 5.94. The third-order valence-electron chi connectivity index (χ3n) is 3.33. The van der Waals surface area contributed by atoms with Gasteiger partial charge in [-0.2, -0.15) is 0 Å². The molecular weight excluding hydrogens is 264 g/mol. The van der Waals surface area contributed by atoms with Crippen LogP contribution >= 0.6 is 0 Å². The summed E-state index contributed by atoms with van der Waals surface area (Å²) in [6.45, 7) is 4.27. The van der Waals surface area contributed by atoms with Crippen LogP contribution in [0.2, 0.25) is 0 Å². The summed E-state index contributed by atoms with van der Waals surface area (Å²) in [6.07, 6.45) is 0.153. The number of amides is 2. The van der Waals surface area contributed by atoms with Gasteiger partial charge in [0.2, 0.25) is 11.8 Å². The molecule has 20 heavy (non-hydrogen) atoms. The molecular formula is C13H22N2O5. The van der Waals surface area contributed by atoms with Gasteiger partial charge in [0.1, 0.15) is 6.54 Å². The predicted molar refractivity (Wildman–Crippen MR) is 71.0 cm³/mol. The van der Waals surface area contributed by atoms with Gasteiger partial charge >= 0.3 is 5.97 Å². The van der Waals surface area contributed by atoms with Gasteiger partial charge in [0.15, 0.2) is 0 Å². The molecule has 0 spiro atoms. The van der Waals surface area contributed by atoms with E-state index in [4.69, 9.17) is 9.84 Å². The van der Waals surface area contributed by atoms with Crippen molar-refractivity contribution in [1.29, 1.82) is 0 Å². The highest BCUT2D eigenvalue weighted by atomic mass is 16.5. The first kappa shape index (κ1) is 16.4. The van der Waals surface area contributed by atoms with Crippen molar-refractivity contribution in [1.82, 2.24) is 9.80 Å².